The number of carbonyl (C=O) groups excluding carboxylic acids is 1. The average Bonchev–Trinajstić information content (AvgIpc) is 3.18. The van der Waals surface area contributed by atoms with Crippen LogP contribution in [0.15, 0.2) is 48.6 Å². The number of aliphatic hydroxyl groups is 4. The molecule has 6 nitrogen and oxygen atoms in total. The second kappa shape index (κ2) is 42.4. The van der Waals surface area contributed by atoms with Gasteiger partial charge in [-0.05, 0) is 89.9 Å². The van der Waals surface area contributed by atoms with Crippen LogP contribution in [0, 0.1) is 0 Å². The molecule has 0 rings (SSSR count). The summed E-state index contributed by atoms with van der Waals surface area (Å²) in [5.74, 6) is -0.606. The number of carbonyl (C=O) groups is 1. The van der Waals surface area contributed by atoms with Gasteiger partial charge in [-0.25, -0.2) is 0 Å². The number of allylic oxidation sites excluding steroid dienone is 8. The van der Waals surface area contributed by atoms with Gasteiger partial charge in [0.1, 0.15) is 12.2 Å². The van der Waals surface area contributed by atoms with Crippen LogP contribution in [-0.4, -0.2) is 57.3 Å². The molecule has 4 atom stereocenters. The van der Waals surface area contributed by atoms with Crippen LogP contribution in [0.4, 0.5) is 0 Å². The van der Waals surface area contributed by atoms with E-state index in [1.165, 1.54) is 122 Å². The minimum atomic E-state index is -1.30. The van der Waals surface area contributed by atoms with Crippen molar-refractivity contribution in [2.45, 2.75) is 244 Å². The molecule has 0 fully saturated rings. The minimum absolute atomic E-state index is 0.350. The van der Waals surface area contributed by atoms with Crippen LogP contribution < -0.4 is 5.32 Å². The van der Waals surface area contributed by atoms with Gasteiger partial charge in [0.25, 0.3) is 0 Å². The zero-order chi connectivity index (χ0) is 39.6. The maximum atomic E-state index is 12.5. The first-order valence-electron chi connectivity index (χ1n) is 23.0. The molecule has 0 saturated heterocycles. The first-order chi connectivity index (χ1) is 26.5. The molecule has 4 unspecified atom stereocenters. The van der Waals surface area contributed by atoms with Crippen LogP contribution in [0.5, 0.6) is 0 Å². The number of rotatable bonds is 41. The van der Waals surface area contributed by atoms with Crippen molar-refractivity contribution in [3.8, 4) is 0 Å². The lowest BCUT2D eigenvalue weighted by Crippen LogP contribution is -2.53. The van der Waals surface area contributed by atoms with Gasteiger partial charge in [-0.15, -0.1) is 0 Å². The number of unbranched alkanes of at least 4 members (excludes halogenated alkanes) is 24. The molecule has 54 heavy (non-hydrogen) atoms. The molecule has 0 aliphatic carbocycles. The van der Waals surface area contributed by atoms with Gasteiger partial charge in [0.15, 0.2) is 0 Å². The van der Waals surface area contributed by atoms with E-state index in [2.05, 4.69) is 67.8 Å². The molecule has 0 aromatic carbocycles. The van der Waals surface area contributed by atoms with Gasteiger partial charge in [-0.2, -0.15) is 0 Å². The van der Waals surface area contributed by atoms with Crippen LogP contribution in [0.3, 0.4) is 0 Å². The highest BCUT2D eigenvalue weighted by atomic mass is 16.3. The zero-order valence-electron chi connectivity index (χ0n) is 35.5. The third kappa shape index (κ3) is 35.9. The van der Waals surface area contributed by atoms with Gasteiger partial charge in [0.05, 0.1) is 18.8 Å². The first-order valence-corrected chi connectivity index (χ1v) is 23.0. The normalized spacial score (nSPS) is 14.6. The van der Waals surface area contributed by atoms with Crippen LogP contribution in [-0.2, 0) is 4.79 Å². The van der Waals surface area contributed by atoms with E-state index in [4.69, 9.17) is 0 Å². The molecule has 0 aliphatic rings. The molecule has 0 aliphatic heterocycles. The molecule has 0 heterocycles. The Kier molecular flexibility index (Phi) is 41.1. The van der Waals surface area contributed by atoms with Crippen molar-refractivity contribution in [2.75, 3.05) is 6.61 Å². The highest BCUT2D eigenvalue weighted by molar-refractivity contribution is 5.80. The van der Waals surface area contributed by atoms with E-state index >= 15 is 0 Å². The summed E-state index contributed by atoms with van der Waals surface area (Å²) in [5.41, 5.74) is 0. The zero-order valence-corrected chi connectivity index (χ0v) is 35.5. The summed E-state index contributed by atoms with van der Waals surface area (Å²) in [7, 11) is 0. The Bertz CT molecular complexity index is 900. The quantitative estimate of drug-likeness (QED) is 0.0315. The fourth-order valence-corrected chi connectivity index (χ4v) is 6.78. The van der Waals surface area contributed by atoms with Crippen molar-refractivity contribution in [2.24, 2.45) is 0 Å². The second-order valence-electron chi connectivity index (χ2n) is 15.7. The average molecular weight is 760 g/mol. The third-order valence-corrected chi connectivity index (χ3v) is 10.5. The molecule has 0 aromatic rings. The van der Waals surface area contributed by atoms with E-state index in [0.29, 0.717) is 19.3 Å². The van der Waals surface area contributed by atoms with Crippen LogP contribution >= 0.6 is 0 Å². The van der Waals surface area contributed by atoms with Gasteiger partial charge in [-0.3, -0.25) is 4.79 Å². The Labute approximate surface area is 334 Å². The van der Waals surface area contributed by atoms with Gasteiger partial charge < -0.3 is 25.7 Å². The molecule has 316 valence electrons. The molecule has 6 heteroatoms. The Morgan fingerprint density at radius 2 is 0.778 bits per heavy atom. The molecule has 1 amide bonds. The third-order valence-electron chi connectivity index (χ3n) is 10.5. The molecule has 0 radical (unpaired) electrons. The minimum Gasteiger partial charge on any atom is -0.394 e. The van der Waals surface area contributed by atoms with Crippen LogP contribution in [0.1, 0.15) is 219 Å². The lowest BCUT2D eigenvalue weighted by molar-refractivity contribution is -0.132. The lowest BCUT2D eigenvalue weighted by Gasteiger charge is -2.27. The van der Waals surface area contributed by atoms with Gasteiger partial charge >= 0.3 is 0 Å². The van der Waals surface area contributed by atoms with Gasteiger partial charge in [0.2, 0.25) is 5.91 Å². The fraction of sp³-hybridized carbons (Fsp3) is 0.812. The highest BCUT2D eigenvalue weighted by Crippen LogP contribution is 2.14. The largest absolute Gasteiger partial charge is 0.394 e. The predicted octanol–water partition coefficient (Wildman–Crippen LogP) is 12.3. The lowest BCUT2D eigenvalue weighted by atomic mass is 10.00. The van der Waals surface area contributed by atoms with Crippen LogP contribution in [0.2, 0.25) is 0 Å². The van der Waals surface area contributed by atoms with Crippen molar-refractivity contribution < 1.29 is 25.2 Å². The predicted molar refractivity (Wildman–Crippen MR) is 233 cm³/mol. The maximum absolute atomic E-state index is 12.5. The van der Waals surface area contributed by atoms with Crippen molar-refractivity contribution >= 4 is 5.91 Å². The van der Waals surface area contributed by atoms with Crippen LogP contribution in [0.25, 0.3) is 0 Å². The number of aliphatic hydroxyl groups excluding tert-OH is 4. The van der Waals surface area contributed by atoms with E-state index in [9.17, 15) is 25.2 Å². The molecule has 0 bridgehead atoms. The van der Waals surface area contributed by atoms with Crippen molar-refractivity contribution in [3.63, 3.8) is 0 Å². The summed E-state index contributed by atoms with van der Waals surface area (Å²) in [6.45, 7) is 4.01. The maximum Gasteiger partial charge on any atom is 0.249 e. The van der Waals surface area contributed by atoms with Crippen molar-refractivity contribution in [1.82, 2.24) is 5.32 Å². The van der Waals surface area contributed by atoms with Crippen molar-refractivity contribution in [3.05, 3.63) is 48.6 Å². The summed E-state index contributed by atoms with van der Waals surface area (Å²) >= 11 is 0. The van der Waals surface area contributed by atoms with Crippen molar-refractivity contribution in [1.29, 1.82) is 0 Å². The Hall–Kier alpha value is -1.73. The second-order valence-corrected chi connectivity index (χ2v) is 15.7. The molecule has 0 spiro atoms. The Morgan fingerprint density at radius 1 is 0.444 bits per heavy atom. The Balaban J connectivity index is 3.81. The number of hydrogen-bond donors (Lipinski definition) is 5. The number of nitrogens with one attached hydrogen (secondary N) is 1. The van der Waals surface area contributed by atoms with E-state index in [1.54, 1.807) is 0 Å². The Morgan fingerprint density at radius 3 is 1.19 bits per heavy atom. The van der Waals surface area contributed by atoms with Gasteiger partial charge in [0, 0.05) is 0 Å². The van der Waals surface area contributed by atoms with Gasteiger partial charge in [-0.1, -0.05) is 178 Å². The standard InChI is InChI=1S/C48H89NO5/c1-3-5-7-9-11-13-15-17-19-20-21-22-23-24-25-26-27-28-30-31-33-35-37-39-41-45(51)47(53)44(43-50)49-48(54)46(52)42-40-38-36-34-32-29-18-16-14-12-10-8-6-4-2/h14,16,23-24,27-28,33,35,44-47,50-53H,3-13,15,17-22,25-26,29-32,34,36-43H2,1-2H3,(H,49,54)/b16-14-,24-23+,28-27+,35-33+. The number of hydrogen-bond acceptors (Lipinski definition) is 5. The first kappa shape index (κ1) is 52.3. The van der Waals surface area contributed by atoms with E-state index < -0.39 is 36.9 Å². The molecular formula is C48H89NO5. The molecule has 5 N–H and O–H groups in total. The smallest absolute Gasteiger partial charge is 0.249 e. The summed E-state index contributed by atoms with van der Waals surface area (Å²) in [6.07, 6.45) is 51.5. The molecule has 0 saturated carbocycles. The van der Waals surface area contributed by atoms with E-state index in [1.807, 2.05) is 0 Å². The number of amides is 1. The summed E-state index contributed by atoms with van der Waals surface area (Å²) in [5, 5.41) is 43.6. The SMILES string of the molecule is CCCCCC/C=C\CCCCCCCCC(O)C(=O)NC(CO)C(O)C(O)CCC/C=C/CC/C=C/CC/C=C/CCCCCCCCCCCCC. The summed E-state index contributed by atoms with van der Waals surface area (Å²) in [6, 6.07) is -1.01. The molecule has 0 aromatic heterocycles. The summed E-state index contributed by atoms with van der Waals surface area (Å²) in [4.78, 5) is 12.5. The fourth-order valence-electron chi connectivity index (χ4n) is 6.78. The highest BCUT2D eigenvalue weighted by Gasteiger charge is 2.28. The topological polar surface area (TPSA) is 110 Å². The van der Waals surface area contributed by atoms with E-state index in [0.717, 1.165) is 64.2 Å². The summed E-state index contributed by atoms with van der Waals surface area (Å²) < 4.78 is 0. The molecular weight excluding hydrogens is 671 g/mol. The monoisotopic (exact) mass is 760 g/mol. The van der Waals surface area contributed by atoms with E-state index in [-0.39, 0.29) is 0 Å².